The Balaban J connectivity index is 1.69. The number of likely N-dealkylation sites (tertiary alicyclic amines) is 1. The summed E-state index contributed by atoms with van der Waals surface area (Å²) in [7, 11) is -4.98. The summed E-state index contributed by atoms with van der Waals surface area (Å²) in [5, 5.41) is 8.52. The van der Waals surface area contributed by atoms with Gasteiger partial charge in [-0.1, -0.05) is 38.7 Å². The van der Waals surface area contributed by atoms with Crippen LogP contribution in [0.2, 0.25) is 25.7 Å². The molecule has 1 amide bonds. The molecule has 2 aromatic heterocycles. The Kier molecular flexibility index (Phi) is 9.36. The van der Waals surface area contributed by atoms with Gasteiger partial charge in [0.05, 0.1) is 12.0 Å². The Hall–Kier alpha value is -3.00. The largest absolute Gasteiger partial charge is 0.492 e. The summed E-state index contributed by atoms with van der Waals surface area (Å²) in [5.41, 5.74) is 7.27. The van der Waals surface area contributed by atoms with Crippen LogP contribution in [0.1, 0.15) is 30.7 Å². The monoisotopic (exact) mass is 620 g/mol. The molecular weight excluding hydrogens is 579 g/mol. The second-order valence-electron chi connectivity index (χ2n) is 12.7. The van der Waals surface area contributed by atoms with Crippen molar-refractivity contribution in [2.24, 2.45) is 11.1 Å². The minimum Gasteiger partial charge on any atom is -0.492 e. The van der Waals surface area contributed by atoms with Crippen molar-refractivity contribution in [1.82, 2.24) is 14.5 Å². The number of fused-ring (bicyclic) bond motifs is 1. The van der Waals surface area contributed by atoms with Gasteiger partial charge in [0.25, 0.3) is 0 Å². The maximum absolute atomic E-state index is 15.2. The number of piperidine rings is 1. The molecule has 1 aliphatic heterocycles. The highest BCUT2D eigenvalue weighted by Crippen LogP contribution is 2.39. The zero-order valence-corrected chi connectivity index (χ0v) is 26.7. The Labute approximate surface area is 247 Å². The molecule has 1 fully saturated rings. The van der Waals surface area contributed by atoms with E-state index in [9.17, 15) is 18.3 Å². The van der Waals surface area contributed by atoms with Gasteiger partial charge in [-0.05, 0) is 36.6 Å². The van der Waals surface area contributed by atoms with Gasteiger partial charge in [0.2, 0.25) is 0 Å². The molecule has 1 aliphatic rings. The van der Waals surface area contributed by atoms with E-state index in [2.05, 4.69) is 31.5 Å². The minimum absolute atomic E-state index is 0.102. The van der Waals surface area contributed by atoms with Crippen molar-refractivity contribution in [3.63, 3.8) is 0 Å². The van der Waals surface area contributed by atoms with E-state index in [4.69, 9.17) is 15.2 Å². The summed E-state index contributed by atoms with van der Waals surface area (Å²) in [6, 6.07) is 7.10. The standard InChI is InChI=1S/C29H41FN4O6SSi/c1-29(9-12-33(13-10-29)28(35)36)18-40-24-8-11-32-27-25(24)22(17-34(27)19-39-14-15-42(3,4)5)20-6-7-21(23(30)16-20)26(31)41(2,37)38/h6-8,11,16-17,26H,9-10,12-15,18-19,31H2,1-5H3,(H,35,36). The minimum atomic E-state index is -3.69. The Morgan fingerprint density at radius 1 is 1.24 bits per heavy atom. The smallest absolute Gasteiger partial charge is 0.407 e. The van der Waals surface area contributed by atoms with Gasteiger partial charge >= 0.3 is 6.09 Å². The number of sulfone groups is 1. The number of hydrogen-bond donors (Lipinski definition) is 2. The molecule has 0 bridgehead atoms. The molecule has 1 atom stereocenters. The number of amides is 1. The first kappa shape index (κ1) is 31.9. The van der Waals surface area contributed by atoms with Gasteiger partial charge in [-0.3, -0.25) is 0 Å². The molecule has 10 nitrogen and oxygen atoms in total. The summed E-state index contributed by atoms with van der Waals surface area (Å²) in [6.07, 6.45) is 4.89. The van der Waals surface area contributed by atoms with Crippen molar-refractivity contribution in [3.8, 4) is 16.9 Å². The molecule has 13 heteroatoms. The van der Waals surface area contributed by atoms with Gasteiger partial charge in [0, 0.05) is 63.0 Å². The van der Waals surface area contributed by atoms with Crippen LogP contribution in [0.3, 0.4) is 0 Å². The van der Waals surface area contributed by atoms with E-state index in [-0.39, 0.29) is 17.7 Å². The molecule has 3 heterocycles. The average Bonchev–Trinajstić information content (AvgIpc) is 3.28. The van der Waals surface area contributed by atoms with E-state index >= 15 is 4.39 Å². The Morgan fingerprint density at radius 2 is 1.93 bits per heavy atom. The van der Waals surface area contributed by atoms with Crippen LogP contribution in [-0.2, 0) is 21.3 Å². The number of hydrogen-bond acceptors (Lipinski definition) is 7. The van der Waals surface area contributed by atoms with Crippen molar-refractivity contribution < 1.29 is 32.2 Å². The van der Waals surface area contributed by atoms with Gasteiger partial charge in [0.1, 0.15) is 29.3 Å². The van der Waals surface area contributed by atoms with Gasteiger partial charge in [-0.2, -0.15) is 0 Å². The molecule has 3 aromatic rings. The van der Waals surface area contributed by atoms with Gasteiger partial charge in [-0.15, -0.1) is 0 Å². The second kappa shape index (κ2) is 12.3. The summed E-state index contributed by atoms with van der Waals surface area (Å²) >= 11 is 0. The van der Waals surface area contributed by atoms with Crippen molar-refractivity contribution in [1.29, 1.82) is 0 Å². The third kappa shape index (κ3) is 7.49. The van der Waals surface area contributed by atoms with E-state index in [0.29, 0.717) is 67.1 Å². The fourth-order valence-electron chi connectivity index (χ4n) is 4.96. The zero-order valence-electron chi connectivity index (χ0n) is 24.9. The number of aromatic nitrogens is 2. The second-order valence-corrected chi connectivity index (χ2v) is 20.5. The third-order valence-corrected chi connectivity index (χ3v) is 10.7. The van der Waals surface area contributed by atoms with E-state index in [0.717, 1.165) is 12.3 Å². The van der Waals surface area contributed by atoms with Crippen LogP contribution in [0, 0.1) is 11.2 Å². The number of benzene rings is 1. The first-order valence-electron chi connectivity index (χ1n) is 14.0. The number of rotatable bonds is 11. The lowest BCUT2D eigenvalue weighted by Gasteiger charge is -2.37. The number of pyridine rings is 1. The topological polar surface area (TPSA) is 137 Å². The first-order valence-corrected chi connectivity index (χ1v) is 19.6. The van der Waals surface area contributed by atoms with Gasteiger partial charge in [0.15, 0.2) is 9.84 Å². The van der Waals surface area contributed by atoms with Gasteiger partial charge < -0.3 is 29.8 Å². The molecule has 0 aliphatic carbocycles. The highest BCUT2D eigenvalue weighted by molar-refractivity contribution is 7.90. The highest BCUT2D eigenvalue weighted by Gasteiger charge is 2.33. The van der Waals surface area contributed by atoms with Crippen LogP contribution in [0.15, 0.2) is 36.7 Å². The van der Waals surface area contributed by atoms with Crippen LogP contribution >= 0.6 is 0 Å². The molecule has 1 unspecified atom stereocenters. The lowest BCUT2D eigenvalue weighted by molar-refractivity contribution is 0.0660. The molecule has 0 radical (unpaired) electrons. The summed E-state index contributed by atoms with van der Waals surface area (Å²) < 4.78 is 53.4. The number of carbonyl (C=O) groups is 1. The quantitative estimate of drug-likeness (QED) is 0.217. The molecule has 1 saturated heterocycles. The fraction of sp³-hybridized carbons (Fsp3) is 0.517. The summed E-state index contributed by atoms with van der Waals surface area (Å²) in [6.45, 7) is 11.0. The van der Waals surface area contributed by atoms with Gasteiger partial charge in [-0.25, -0.2) is 22.6 Å². The number of nitrogens with zero attached hydrogens (tertiary/aromatic N) is 3. The molecule has 4 rings (SSSR count). The van der Waals surface area contributed by atoms with Crippen LogP contribution < -0.4 is 10.5 Å². The lowest BCUT2D eigenvalue weighted by Crippen LogP contribution is -2.43. The number of ether oxygens (including phenoxy) is 2. The number of carboxylic acid groups (broad SMARTS) is 1. The van der Waals surface area contributed by atoms with Crippen molar-refractivity contribution in [2.75, 3.05) is 32.6 Å². The molecule has 0 spiro atoms. The molecule has 0 saturated carbocycles. The Bertz CT molecular complexity index is 1550. The summed E-state index contributed by atoms with van der Waals surface area (Å²) in [5.74, 6) is -0.156. The highest BCUT2D eigenvalue weighted by atomic mass is 32.2. The Morgan fingerprint density at radius 3 is 2.52 bits per heavy atom. The van der Waals surface area contributed by atoms with E-state index in [1.54, 1.807) is 18.3 Å². The fourth-order valence-corrected chi connectivity index (χ4v) is 6.36. The molecule has 1 aromatic carbocycles. The van der Waals surface area contributed by atoms with Crippen LogP contribution in [-0.4, -0.2) is 74.7 Å². The molecule has 42 heavy (non-hydrogen) atoms. The normalized spacial score (nSPS) is 16.5. The zero-order chi connectivity index (χ0) is 30.9. The third-order valence-electron chi connectivity index (χ3n) is 7.84. The van der Waals surface area contributed by atoms with E-state index in [1.165, 1.54) is 17.0 Å². The molecule has 3 N–H and O–H groups in total. The molecular formula is C29H41FN4O6SSi. The predicted molar refractivity (Wildman–Crippen MR) is 163 cm³/mol. The average molecular weight is 621 g/mol. The van der Waals surface area contributed by atoms with Crippen LogP contribution in [0.5, 0.6) is 5.75 Å². The first-order chi connectivity index (χ1) is 19.6. The van der Waals surface area contributed by atoms with Crippen LogP contribution in [0.25, 0.3) is 22.2 Å². The number of nitrogens with two attached hydrogens (primary N) is 1. The lowest BCUT2D eigenvalue weighted by atomic mass is 9.81. The maximum Gasteiger partial charge on any atom is 0.407 e. The van der Waals surface area contributed by atoms with Crippen molar-refractivity contribution in [2.45, 2.75) is 57.6 Å². The molecule has 230 valence electrons. The van der Waals surface area contributed by atoms with Crippen molar-refractivity contribution >= 4 is 35.0 Å². The maximum atomic E-state index is 15.2. The predicted octanol–water partition coefficient (Wildman–Crippen LogP) is 5.32. The van der Waals surface area contributed by atoms with E-state index in [1.807, 2.05) is 10.8 Å². The summed E-state index contributed by atoms with van der Waals surface area (Å²) in [4.78, 5) is 17.4. The van der Waals surface area contributed by atoms with Crippen LogP contribution in [0.4, 0.5) is 9.18 Å². The SMILES string of the molecule is CC1(COc2ccnc3c2c(-c2ccc(C(N)S(C)(=O)=O)c(F)c2)cn3COCC[Si](C)(C)C)CCN(C(=O)O)CC1. The number of halogens is 1. The van der Waals surface area contributed by atoms with Crippen molar-refractivity contribution in [3.05, 3.63) is 48.0 Å². The van der Waals surface area contributed by atoms with E-state index < -0.39 is 35.2 Å².